The van der Waals surface area contributed by atoms with Gasteiger partial charge in [0.2, 0.25) is 5.91 Å². The van der Waals surface area contributed by atoms with E-state index in [1.165, 1.54) is 18.2 Å². The predicted octanol–water partition coefficient (Wildman–Crippen LogP) is 4.51. The van der Waals surface area contributed by atoms with Gasteiger partial charge in [-0.2, -0.15) is 0 Å². The maximum absolute atomic E-state index is 13.5. The number of halogens is 1. The molecule has 180 valence electrons. The molecule has 10 heteroatoms. The lowest BCUT2D eigenvalue weighted by Gasteiger charge is -2.38. The Morgan fingerprint density at radius 2 is 1.97 bits per heavy atom. The Bertz CT molecular complexity index is 1280. The van der Waals surface area contributed by atoms with Gasteiger partial charge >= 0.3 is 0 Å². The Morgan fingerprint density at radius 3 is 2.62 bits per heavy atom. The van der Waals surface area contributed by atoms with E-state index in [0.717, 1.165) is 33.3 Å². The molecule has 4 rings (SSSR count). The molecular weight excluding hydrogens is 479 g/mol. The maximum atomic E-state index is 13.5. The number of amides is 1. The van der Waals surface area contributed by atoms with Crippen molar-refractivity contribution >= 4 is 33.0 Å². The topological polar surface area (TPSA) is 84.9 Å². The average Bonchev–Trinajstić information content (AvgIpc) is 3.33. The van der Waals surface area contributed by atoms with E-state index in [9.17, 15) is 17.6 Å². The molecule has 1 aliphatic rings. The van der Waals surface area contributed by atoms with E-state index in [2.05, 4.69) is 5.32 Å². The van der Waals surface area contributed by atoms with Crippen molar-refractivity contribution in [1.29, 1.82) is 0 Å². The van der Waals surface area contributed by atoms with Crippen molar-refractivity contribution in [3.05, 3.63) is 71.4 Å². The van der Waals surface area contributed by atoms with Gasteiger partial charge in [0.05, 0.1) is 18.8 Å². The van der Waals surface area contributed by atoms with Crippen LogP contribution < -0.4 is 19.1 Å². The minimum atomic E-state index is -4.02. The Morgan fingerprint density at radius 1 is 1.24 bits per heavy atom. The van der Waals surface area contributed by atoms with Gasteiger partial charge < -0.3 is 14.8 Å². The molecule has 34 heavy (non-hydrogen) atoms. The second-order valence-electron chi connectivity index (χ2n) is 8.51. The van der Waals surface area contributed by atoms with E-state index in [1.54, 1.807) is 30.7 Å². The molecule has 7 nitrogen and oxygen atoms in total. The summed E-state index contributed by atoms with van der Waals surface area (Å²) in [5, 5.41) is 4.60. The normalized spacial score (nSPS) is 16.8. The number of rotatable bonds is 7. The van der Waals surface area contributed by atoms with Crippen LogP contribution in [0.25, 0.3) is 0 Å². The molecule has 3 aromatic rings. The molecular formula is C24H25FN2O5S2. The fourth-order valence-electron chi connectivity index (χ4n) is 3.90. The van der Waals surface area contributed by atoms with Crippen LogP contribution in [-0.4, -0.2) is 33.6 Å². The second kappa shape index (κ2) is 9.27. The number of carbonyl (C=O) groups is 1. The van der Waals surface area contributed by atoms with Gasteiger partial charge in [0, 0.05) is 18.1 Å². The van der Waals surface area contributed by atoms with Gasteiger partial charge in [0.1, 0.15) is 33.7 Å². The number of anilines is 1. The molecule has 0 fully saturated rings. The maximum Gasteiger partial charge on any atom is 0.274 e. The molecule has 2 aromatic carbocycles. The van der Waals surface area contributed by atoms with Crippen LogP contribution in [0, 0.1) is 5.82 Å². The molecule has 0 saturated heterocycles. The Kier molecular flexibility index (Phi) is 6.55. The van der Waals surface area contributed by atoms with Gasteiger partial charge in [-0.3, -0.25) is 9.10 Å². The number of thiophene rings is 1. The van der Waals surface area contributed by atoms with Crippen LogP contribution in [-0.2, 0) is 14.8 Å². The average molecular weight is 505 g/mol. The van der Waals surface area contributed by atoms with Gasteiger partial charge in [0.25, 0.3) is 10.0 Å². The van der Waals surface area contributed by atoms with Crippen LogP contribution in [0.5, 0.6) is 11.5 Å². The summed E-state index contributed by atoms with van der Waals surface area (Å²) in [6.45, 7) is 3.37. The van der Waals surface area contributed by atoms with Gasteiger partial charge in [-0.1, -0.05) is 6.07 Å². The fourth-order valence-corrected chi connectivity index (χ4v) is 6.42. The van der Waals surface area contributed by atoms with E-state index in [4.69, 9.17) is 9.47 Å². The summed E-state index contributed by atoms with van der Waals surface area (Å²) in [5.41, 5.74) is 0.419. The Labute approximate surface area is 202 Å². The first kappa shape index (κ1) is 24.0. The molecule has 0 aliphatic carbocycles. The van der Waals surface area contributed by atoms with E-state index >= 15 is 0 Å². The van der Waals surface area contributed by atoms with E-state index in [0.29, 0.717) is 17.9 Å². The SMILES string of the molecule is COc1ccc2c(c1)OC(C)(C)CC2NC(=O)CN(c1ccc(F)cc1)S(=O)(=O)c1cccs1. The van der Waals surface area contributed by atoms with Crippen molar-refractivity contribution in [3.63, 3.8) is 0 Å². The first-order chi connectivity index (χ1) is 16.1. The summed E-state index contributed by atoms with van der Waals surface area (Å²) in [6.07, 6.45) is 0.492. The number of carbonyl (C=O) groups excluding carboxylic acids is 1. The number of nitrogens with one attached hydrogen (secondary N) is 1. The summed E-state index contributed by atoms with van der Waals surface area (Å²) in [4.78, 5) is 13.2. The number of nitrogens with zero attached hydrogens (tertiary/aromatic N) is 1. The third-order valence-electron chi connectivity index (χ3n) is 5.45. The van der Waals surface area contributed by atoms with Crippen LogP contribution in [0.2, 0.25) is 0 Å². The molecule has 0 saturated carbocycles. The van der Waals surface area contributed by atoms with Crippen molar-refractivity contribution in [1.82, 2.24) is 5.32 Å². The largest absolute Gasteiger partial charge is 0.497 e. The molecule has 0 radical (unpaired) electrons. The van der Waals surface area contributed by atoms with Crippen LogP contribution in [0.15, 0.2) is 64.2 Å². The lowest BCUT2D eigenvalue weighted by atomic mass is 9.89. The first-order valence-electron chi connectivity index (χ1n) is 10.6. The molecule has 0 bridgehead atoms. The summed E-state index contributed by atoms with van der Waals surface area (Å²) < 4.78 is 52.5. The molecule has 1 atom stereocenters. The fraction of sp³-hybridized carbons (Fsp3) is 0.292. The van der Waals surface area contributed by atoms with Gasteiger partial charge in [-0.05, 0) is 61.7 Å². The molecule has 1 unspecified atom stereocenters. The highest BCUT2D eigenvalue weighted by molar-refractivity contribution is 7.94. The monoisotopic (exact) mass is 504 g/mol. The summed E-state index contributed by atoms with van der Waals surface area (Å²) >= 11 is 1.05. The van der Waals surface area contributed by atoms with E-state index in [-0.39, 0.29) is 9.90 Å². The highest BCUT2D eigenvalue weighted by Gasteiger charge is 2.36. The number of sulfonamides is 1. The Hall–Kier alpha value is -3.11. The van der Waals surface area contributed by atoms with E-state index < -0.39 is 39.9 Å². The summed E-state index contributed by atoms with van der Waals surface area (Å²) in [6, 6.07) is 13.1. The summed E-state index contributed by atoms with van der Waals surface area (Å²) in [7, 11) is -2.46. The number of benzene rings is 2. The van der Waals surface area contributed by atoms with Crippen molar-refractivity contribution in [2.24, 2.45) is 0 Å². The zero-order valence-electron chi connectivity index (χ0n) is 18.9. The van der Waals surface area contributed by atoms with Gasteiger partial charge in [-0.15, -0.1) is 11.3 Å². The van der Waals surface area contributed by atoms with Crippen molar-refractivity contribution in [2.75, 3.05) is 18.0 Å². The number of methoxy groups -OCH3 is 1. The van der Waals surface area contributed by atoms with Gasteiger partial charge in [0.15, 0.2) is 0 Å². The lowest BCUT2D eigenvalue weighted by molar-refractivity contribution is -0.120. The zero-order valence-corrected chi connectivity index (χ0v) is 20.6. The van der Waals surface area contributed by atoms with E-state index in [1.807, 2.05) is 19.9 Å². The number of fused-ring (bicyclic) bond motifs is 1. The molecule has 1 aromatic heterocycles. The minimum Gasteiger partial charge on any atom is -0.497 e. The Balaban J connectivity index is 1.62. The molecule has 1 amide bonds. The van der Waals surface area contributed by atoms with Crippen molar-refractivity contribution < 1.29 is 27.1 Å². The molecule has 1 N–H and O–H groups in total. The minimum absolute atomic E-state index is 0.0919. The molecule has 1 aliphatic heterocycles. The summed E-state index contributed by atoms with van der Waals surface area (Å²) in [5.74, 6) is 0.237. The number of hydrogen-bond acceptors (Lipinski definition) is 6. The first-order valence-corrected chi connectivity index (χ1v) is 12.9. The van der Waals surface area contributed by atoms with Crippen molar-refractivity contribution in [3.8, 4) is 11.5 Å². The van der Waals surface area contributed by atoms with Crippen molar-refractivity contribution in [2.45, 2.75) is 36.1 Å². The number of hydrogen-bond donors (Lipinski definition) is 1. The highest BCUT2D eigenvalue weighted by atomic mass is 32.2. The molecule has 0 spiro atoms. The zero-order chi connectivity index (χ0) is 24.5. The van der Waals surface area contributed by atoms with Crippen LogP contribution in [0.1, 0.15) is 31.9 Å². The van der Waals surface area contributed by atoms with Crippen LogP contribution in [0.3, 0.4) is 0 Å². The number of ether oxygens (including phenoxy) is 2. The quantitative estimate of drug-likeness (QED) is 0.512. The predicted molar refractivity (Wildman–Crippen MR) is 128 cm³/mol. The third-order valence-corrected chi connectivity index (χ3v) is 8.60. The second-order valence-corrected chi connectivity index (χ2v) is 11.5. The highest BCUT2D eigenvalue weighted by Crippen LogP contribution is 2.41. The smallest absolute Gasteiger partial charge is 0.274 e. The van der Waals surface area contributed by atoms with Crippen LogP contribution in [0.4, 0.5) is 10.1 Å². The van der Waals surface area contributed by atoms with Gasteiger partial charge in [-0.25, -0.2) is 12.8 Å². The van der Waals surface area contributed by atoms with Crippen LogP contribution >= 0.6 is 11.3 Å². The standard InChI is InChI=1S/C24H25FN2O5S2/c1-24(2)14-20(19-11-10-18(31-3)13-21(19)32-24)26-22(28)15-27(17-8-6-16(25)7-9-17)34(29,30)23-5-4-12-33-23/h4-13,20H,14-15H2,1-3H3,(H,26,28). The third kappa shape index (κ3) is 5.02. The molecule has 2 heterocycles. The lowest BCUT2D eigenvalue weighted by Crippen LogP contribution is -2.45.